The molecule has 0 aliphatic rings. The molecule has 2 rings (SSSR count). The van der Waals surface area contributed by atoms with Gasteiger partial charge < -0.3 is 10.1 Å². The number of esters is 1. The second-order valence-electron chi connectivity index (χ2n) is 4.54. The largest absolute Gasteiger partial charge is 0.423 e. The molecule has 0 fully saturated rings. The minimum Gasteiger partial charge on any atom is -0.423 e. The number of ether oxygens (including phenoxy) is 1. The van der Waals surface area contributed by atoms with E-state index in [-0.39, 0.29) is 28.1 Å². The number of halogens is 3. The van der Waals surface area contributed by atoms with Gasteiger partial charge in [-0.2, -0.15) is 11.3 Å². The average molecular weight is 393 g/mol. The molecule has 2 aromatic rings. The van der Waals surface area contributed by atoms with Crippen molar-refractivity contribution in [2.45, 2.75) is 12.8 Å². The Morgan fingerprint density at radius 2 is 1.87 bits per heavy atom. The third kappa shape index (κ3) is 5.39. The van der Waals surface area contributed by atoms with Gasteiger partial charge in [0.15, 0.2) is 5.75 Å². The van der Waals surface area contributed by atoms with Crippen LogP contribution in [0.3, 0.4) is 0 Å². The Hall–Kier alpha value is -1.27. The highest BCUT2D eigenvalue weighted by molar-refractivity contribution is 7.08. The number of hydrogen-bond donors (Lipinski definition) is 1. The van der Waals surface area contributed by atoms with E-state index in [9.17, 15) is 9.59 Å². The molecule has 0 saturated carbocycles. The smallest absolute Gasteiger partial charge is 0.311 e. The number of amides is 1. The summed E-state index contributed by atoms with van der Waals surface area (Å²) < 4.78 is 5.14. The molecule has 0 bridgehead atoms. The fourth-order valence-corrected chi connectivity index (χ4v) is 3.25. The van der Waals surface area contributed by atoms with Gasteiger partial charge in [0.1, 0.15) is 0 Å². The lowest BCUT2D eigenvalue weighted by atomic mass is 10.3. The molecular weight excluding hydrogens is 381 g/mol. The van der Waals surface area contributed by atoms with Crippen LogP contribution < -0.4 is 10.1 Å². The van der Waals surface area contributed by atoms with E-state index >= 15 is 0 Å². The lowest BCUT2D eigenvalue weighted by Gasteiger charge is -2.09. The highest BCUT2D eigenvalue weighted by Gasteiger charge is 2.14. The Balaban J connectivity index is 1.77. The molecule has 0 radical (unpaired) electrons. The number of nitrogens with one attached hydrogen (secondary N) is 1. The van der Waals surface area contributed by atoms with E-state index in [2.05, 4.69) is 5.32 Å². The van der Waals surface area contributed by atoms with Crippen LogP contribution in [0, 0.1) is 0 Å². The molecule has 0 aliphatic heterocycles. The maximum absolute atomic E-state index is 11.8. The summed E-state index contributed by atoms with van der Waals surface area (Å²) in [6.07, 6.45) is 0.566. The fourth-order valence-electron chi connectivity index (χ4n) is 1.72. The van der Waals surface area contributed by atoms with Crippen LogP contribution in [-0.4, -0.2) is 18.4 Å². The molecule has 0 saturated heterocycles. The quantitative estimate of drug-likeness (QED) is 0.435. The molecule has 1 amide bonds. The van der Waals surface area contributed by atoms with Gasteiger partial charge in [0.2, 0.25) is 0 Å². The van der Waals surface area contributed by atoms with Crippen LogP contribution in [-0.2, 0) is 4.79 Å². The van der Waals surface area contributed by atoms with Crippen molar-refractivity contribution in [1.29, 1.82) is 0 Å². The summed E-state index contributed by atoms with van der Waals surface area (Å²) in [6.45, 7) is 0.367. The molecule has 1 aromatic carbocycles. The van der Waals surface area contributed by atoms with Crippen LogP contribution >= 0.6 is 46.1 Å². The van der Waals surface area contributed by atoms with E-state index in [0.717, 1.165) is 0 Å². The predicted molar refractivity (Wildman–Crippen MR) is 93.0 cm³/mol. The lowest BCUT2D eigenvalue weighted by molar-refractivity contribution is -0.134. The molecule has 1 heterocycles. The van der Waals surface area contributed by atoms with Crippen LogP contribution in [0.2, 0.25) is 15.1 Å². The Morgan fingerprint density at radius 3 is 2.48 bits per heavy atom. The first kappa shape index (κ1) is 18.1. The van der Waals surface area contributed by atoms with Crippen molar-refractivity contribution in [3.63, 3.8) is 0 Å². The first-order chi connectivity index (χ1) is 11.0. The molecule has 122 valence electrons. The predicted octanol–water partition coefficient (Wildman–Crippen LogP) is 4.82. The Bertz CT molecular complexity index is 681. The highest BCUT2D eigenvalue weighted by atomic mass is 35.5. The molecule has 1 N–H and O–H groups in total. The van der Waals surface area contributed by atoms with Gasteiger partial charge in [-0.05, 0) is 30.0 Å². The van der Waals surface area contributed by atoms with E-state index in [4.69, 9.17) is 39.5 Å². The number of hydrogen-bond acceptors (Lipinski definition) is 4. The Kier molecular flexibility index (Phi) is 6.72. The van der Waals surface area contributed by atoms with Gasteiger partial charge in [-0.25, -0.2) is 0 Å². The topological polar surface area (TPSA) is 55.4 Å². The van der Waals surface area contributed by atoms with Gasteiger partial charge in [-0.15, -0.1) is 0 Å². The number of carbonyl (C=O) groups is 2. The minimum atomic E-state index is -0.485. The summed E-state index contributed by atoms with van der Waals surface area (Å²) in [7, 11) is 0. The maximum Gasteiger partial charge on any atom is 0.311 e. The lowest BCUT2D eigenvalue weighted by Crippen LogP contribution is -2.24. The second-order valence-corrected chi connectivity index (χ2v) is 6.57. The third-order valence-electron chi connectivity index (χ3n) is 2.81. The fraction of sp³-hybridized carbons (Fsp3) is 0.200. The molecule has 4 nitrogen and oxygen atoms in total. The van der Waals surface area contributed by atoms with Gasteiger partial charge in [0.25, 0.3) is 5.91 Å². The Labute approximate surface area is 152 Å². The van der Waals surface area contributed by atoms with Crippen LogP contribution in [0.1, 0.15) is 23.2 Å². The minimum absolute atomic E-state index is 0.0880. The number of rotatable bonds is 6. The first-order valence-electron chi connectivity index (χ1n) is 6.63. The van der Waals surface area contributed by atoms with Crippen molar-refractivity contribution in [3.05, 3.63) is 49.6 Å². The van der Waals surface area contributed by atoms with Gasteiger partial charge >= 0.3 is 5.97 Å². The zero-order valence-electron chi connectivity index (χ0n) is 11.8. The summed E-state index contributed by atoms with van der Waals surface area (Å²) in [5, 5.41) is 7.00. The molecule has 0 aliphatic carbocycles. The van der Waals surface area contributed by atoms with E-state index in [1.54, 1.807) is 11.4 Å². The summed E-state index contributed by atoms with van der Waals surface area (Å²) in [4.78, 5) is 23.5. The van der Waals surface area contributed by atoms with E-state index in [0.29, 0.717) is 23.6 Å². The number of benzene rings is 1. The van der Waals surface area contributed by atoms with Crippen molar-refractivity contribution < 1.29 is 14.3 Å². The van der Waals surface area contributed by atoms with Gasteiger partial charge in [-0.3, -0.25) is 9.59 Å². The van der Waals surface area contributed by atoms with Gasteiger partial charge in [0.05, 0.1) is 10.0 Å². The average Bonchev–Trinajstić information content (AvgIpc) is 3.01. The zero-order chi connectivity index (χ0) is 16.8. The maximum atomic E-state index is 11.8. The summed E-state index contributed by atoms with van der Waals surface area (Å²) >= 11 is 19.1. The van der Waals surface area contributed by atoms with Crippen LogP contribution in [0.4, 0.5) is 0 Å². The van der Waals surface area contributed by atoms with E-state index in [1.807, 2.05) is 5.38 Å². The summed E-state index contributed by atoms with van der Waals surface area (Å²) in [5.41, 5.74) is 0.609. The monoisotopic (exact) mass is 391 g/mol. The zero-order valence-corrected chi connectivity index (χ0v) is 14.9. The van der Waals surface area contributed by atoms with Crippen molar-refractivity contribution >= 4 is 58.0 Å². The number of thiophene rings is 1. The third-order valence-corrected chi connectivity index (χ3v) is 4.27. The van der Waals surface area contributed by atoms with Crippen molar-refractivity contribution in [3.8, 4) is 5.75 Å². The van der Waals surface area contributed by atoms with E-state index < -0.39 is 5.97 Å². The Morgan fingerprint density at radius 1 is 1.17 bits per heavy atom. The van der Waals surface area contributed by atoms with Crippen molar-refractivity contribution in [2.75, 3.05) is 6.54 Å². The molecule has 0 spiro atoms. The molecule has 1 aromatic heterocycles. The van der Waals surface area contributed by atoms with Gasteiger partial charge in [0, 0.05) is 28.9 Å². The standard InChI is InChI=1S/C15H12Cl3NO3S/c16-10-6-11(17)14(12(18)7-10)22-13(20)2-1-4-19-15(21)9-3-5-23-8-9/h3,5-8H,1-2,4H2,(H,19,21). The molecule has 0 atom stereocenters. The normalized spacial score (nSPS) is 10.4. The van der Waals surface area contributed by atoms with Gasteiger partial charge in [-0.1, -0.05) is 34.8 Å². The second kappa shape index (κ2) is 8.55. The van der Waals surface area contributed by atoms with Crippen LogP contribution in [0.25, 0.3) is 0 Å². The summed E-state index contributed by atoms with van der Waals surface area (Å²) in [5.74, 6) is -0.561. The highest BCUT2D eigenvalue weighted by Crippen LogP contribution is 2.36. The molecular formula is C15H12Cl3NO3S. The SMILES string of the molecule is O=C(CCCNC(=O)c1ccsc1)Oc1c(Cl)cc(Cl)cc1Cl. The molecule has 8 heteroatoms. The van der Waals surface area contributed by atoms with Crippen LogP contribution in [0.5, 0.6) is 5.75 Å². The van der Waals surface area contributed by atoms with Crippen molar-refractivity contribution in [2.24, 2.45) is 0 Å². The number of carbonyl (C=O) groups excluding carboxylic acids is 2. The van der Waals surface area contributed by atoms with Crippen molar-refractivity contribution in [1.82, 2.24) is 5.32 Å². The molecule has 0 unspecified atom stereocenters. The summed E-state index contributed by atoms with van der Waals surface area (Å²) in [6, 6.07) is 4.62. The first-order valence-corrected chi connectivity index (χ1v) is 8.70. The van der Waals surface area contributed by atoms with E-state index in [1.165, 1.54) is 23.5 Å². The van der Waals surface area contributed by atoms with Crippen LogP contribution in [0.15, 0.2) is 29.0 Å². The molecule has 23 heavy (non-hydrogen) atoms.